The smallest absolute Gasteiger partial charge is 0.144 e. The Kier molecular flexibility index (Phi) is 4.10. The lowest BCUT2D eigenvalue weighted by Crippen LogP contribution is -2.58. The molecular formula is C17H19ClN6O. The maximum absolute atomic E-state index is 10.7. The number of carbonyl (C=O) groups excluding carboxylic acids is 1. The first-order valence-electron chi connectivity index (χ1n) is 8.51. The number of H-pyrrole nitrogens is 1. The van der Waals surface area contributed by atoms with Crippen molar-refractivity contribution in [3.63, 3.8) is 0 Å². The molecule has 1 atom stereocenters. The minimum Gasteiger partial charge on any atom is -0.353 e. The molecule has 1 aliphatic carbocycles. The van der Waals surface area contributed by atoms with Gasteiger partial charge in [-0.3, -0.25) is 4.90 Å². The number of nitriles is 1. The topological polar surface area (TPSA) is 88.9 Å². The van der Waals surface area contributed by atoms with Crippen LogP contribution in [0.15, 0.2) is 12.5 Å². The molecule has 2 fully saturated rings. The van der Waals surface area contributed by atoms with Gasteiger partial charge in [-0.05, 0) is 19.3 Å². The Bertz CT molecular complexity index is 839. The van der Waals surface area contributed by atoms with Gasteiger partial charge in [-0.2, -0.15) is 5.26 Å². The summed E-state index contributed by atoms with van der Waals surface area (Å²) in [6.07, 6.45) is 7.35. The normalized spacial score (nSPS) is 20.6. The van der Waals surface area contributed by atoms with Gasteiger partial charge in [0.2, 0.25) is 0 Å². The minimum atomic E-state index is -0.198. The first-order chi connectivity index (χ1) is 12.2. The number of aromatic amines is 1. The quantitative estimate of drug-likeness (QED) is 0.824. The van der Waals surface area contributed by atoms with Gasteiger partial charge >= 0.3 is 0 Å². The van der Waals surface area contributed by atoms with Gasteiger partial charge in [0.05, 0.1) is 22.5 Å². The van der Waals surface area contributed by atoms with Crippen LogP contribution in [0.5, 0.6) is 0 Å². The van der Waals surface area contributed by atoms with Crippen molar-refractivity contribution in [3.8, 4) is 6.07 Å². The van der Waals surface area contributed by atoms with Crippen LogP contribution in [0.2, 0.25) is 5.02 Å². The summed E-state index contributed by atoms with van der Waals surface area (Å²) in [5.74, 6) is 0.851. The maximum atomic E-state index is 10.7. The summed E-state index contributed by atoms with van der Waals surface area (Å²) in [4.78, 5) is 27.0. The predicted molar refractivity (Wildman–Crippen MR) is 94.5 cm³/mol. The number of piperazine rings is 1. The van der Waals surface area contributed by atoms with Gasteiger partial charge in [-0.1, -0.05) is 11.6 Å². The molecule has 0 bridgehead atoms. The minimum absolute atomic E-state index is 0.0155. The molecule has 1 spiro atoms. The number of carbonyl (C=O) groups is 1. The van der Waals surface area contributed by atoms with Crippen LogP contribution in [0, 0.1) is 11.3 Å². The number of nitrogens with one attached hydrogen (secondary N) is 1. The third kappa shape index (κ3) is 2.75. The Morgan fingerprint density at radius 2 is 2.28 bits per heavy atom. The predicted octanol–water partition coefficient (Wildman–Crippen LogP) is 2.14. The largest absolute Gasteiger partial charge is 0.353 e. The van der Waals surface area contributed by atoms with Crippen molar-refractivity contribution in [2.45, 2.75) is 37.3 Å². The molecule has 1 aliphatic heterocycles. The number of anilines is 1. The molecule has 4 rings (SSSR count). The monoisotopic (exact) mass is 358 g/mol. The van der Waals surface area contributed by atoms with E-state index in [0.29, 0.717) is 17.9 Å². The van der Waals surface area contributed by atoms with Crippen molar-refractivity contribution < 1.29 is 4.79 Å². The fraction of sp³-hybridized carbons (Fsp3) is 0.529. The number of aromatic nitrogens is 3. The van der Waals surface area contributed by atoms with E-state index in [1.54, 1.807) is 12.5 Å². The Morgan fingerprint density at radius 3 is 3.00 bits per heavy atom. The zero-order valence-corrected chi connectivity index (χ0v) is 14.5. The molecule has 0 radical (unpaired) electrons. The molecule has 130 valence electrons. The number of halogens is 1. The molecule has 1 N–H and O–H groups in total. The first-order valence-corrected chi connectivity index (χ1v) is 8.89. The molecule has 1 saturated heterocycles. The van der Waals surface area contributed by atoms with E-state index in [2.05, 4.69) is 30.8 Å². The SMILES string of the molecule is N#C[C@H](CCC=O)N1CCN(c2ncnc3[nH]cc(Cl)c23)CC12CC2. The van der Waals surface area contributed by atoms with E-state index in [9.17, 15) is 10.1 Å². The summed E-state index contributed by atoms with van der Waals surface area (Å²) in [7, 11) is 0. The maximum Gasteiger partial charge on any atom is 0.144 e. The van der Waals surface area contributed by atoms with E-state index in [-0.39, 0.29) is 11.6 Å². The van der Waals surface area contributed by atoms with Crippen LogP contribution in [0.25, 0.3) is 11.0 Å². The number of hydrogen-bond acceptors (Lipinski definition) is 6. The van der Waals surface area contributed by atoms with Crippen LogP contribution in [-0.4, -0.2) is 57.4 Å². The second kappa shape index (κ2) is 6.28. The lowest BCUT2D eigenvalue weighted by Gasteiger charge is -2.44. The number of hydrogen-bond donors (Lipinski definition) is 1. The molecule has 0 aromatic carbocycles. The molecule has 0 unspecified atom stereocenters. The Labute approximate surface area is 150 Å². The second-order valence-corrected chi connectivity index (χ2v) is 7.19. The molecule has 2 aromatic rings. The van der Waals surface area contributed by atoms with E-state index < -0.39 is 0 Å². The van der Waals surface area contributed by atoms with Crippen molar-refractivity contribution in [1.82, 2.24) is 19.9 Å². The van der Waals surface area contributed by atoms with Crippen LogP contribution < -0.4 is 4.90 Å². The fourth-order valence-electron chi connectivity index (χ4n) is 3.91. The standard InChI is InChI=1S/C17H19ClN6O/c18-13-9-20-15-14(13)16(22-11-21-15)23-5-6-24(17(10-23)3-4-17)12(8-19)2-1-7-25/h7,9,11-12H,1-6,10H2,(H,20,21,22)/t12-/m0/s1. The summed E-state index contributed by atoms with van der Waals surface area (Å²) in [5.41, 5.74) is 0.755. The summed E-state index contributed by atoms with van der Waals surface area (Å²) in [5, 5.41) is 11.0. The van der Waals surface area contributed by atoms with Crippen molar-refractivity contribution in [3.05, 3.63) is 17.5 Å². The molecule has 8 heteroatoms. The van der Waals surface area contributed by atoms with E-state index in [0.717, 1.165) is 55.6 Å². The lowest BCUT2D eigenvalue weighted by atomic mass is 10.0. The average Bonchev–Trinajstić information content (AvgIpc) is 3.29. The molecular weight excluding hydrogens is 340 g/mol. The van der Waals surface area contributed by atoms with Crippen LogP contribution >= 0.6 is 11.6 Å². The number of fused-ring (bicyclic) bond motifs is 1. The summed E-state index contributed by atoms with van der Waals surface area (Å²) in [6.45, 7) is 2.37. The Balaban J connectivity index is 1.59. The van der Waals surface area contributed by atoms with Gasteiger partial charge in [-0.25, -0.2) is 9.97 Å². The third-order valence-electron chi connectivity index (χ3n) is 5.32. The van der Waals surface area contributed by atoms with Crippen molar-refractivity contribution in [2.24, 2.45) is 0 Å². The molecule has 1 saturated carbocycles. The van der Waals surface area contributed by atoms with E-state index in [1.165, 1.54) is 0 Å². The number of nitrogens with zero attached hydrogens (tertiary/aromatic N) is 5. The molecule has 0 amide bonds. The van der Waals surface area contributed by atoms with Gasteiger partial charge < -0.3 is 14.7 Å². The highest BCUT2D eigenvalue weighted by atomic mass is 35.5. The molecule has 3 heterocycles. The van der Waals surface area contributed by atoms with E-state index in [4.69, 9.17) is 11.6 Å². The Hall–Kier alpha value is -2.17. The van der Waals surface area contributed by atoms with Crippen LogP contribution in [0.3, 0.4) is 0 Å². The summed E-state index contributed by atoms with van der Waals surface area (Å²) >= 11 is 6.32. The summed E-state index contributed by atoms with van der Waals surface area (Å²) < 4.78 is 0. The fourth-order valence-corrected chi connectivity index (χ4v) is 4.14. The third-order valence-corrected chi connectivity index (χ3v) is 5.61. The van der Waals surface area contributed by atoms with E-state index >= 15 is 0 Å². The first kappa shape index (κ1) is 16.3. The van der Waals surface area contributed by atoms with Crippen molar-refractivity contribution in [2.75, 3.05) is 24.5 Å². The summed E-state index contributed by atoms with van der Waals surface area (Å²) in [6, 6.07) is 2.19. The van der Waals surface area contributed by atoms with Crippen molar-refractivity contribution in [1.29, 1.82) is 5.26 Å². The molecule has 2 aromatic heterocycles. The lowest BCUT2D eigenvalue weighted by molar-refractivity contribution is -0.108. The van der Waals surface area contributed by atoms with Crippen LogP contribution in [0.1, 0.15) is 25.7 Å². The van der Waals surface area contributed by atoms with Gasteiger partial charge in [0.15, 0.2) is 0 Å². The second-order valence-electron chi connectivity index (χ2n) is 6.79. The van der Waals surface area contributed by atoms with Crippen molar-refractivity contribution >= 4 is 34.7 Å². The zero-order chi connectivity index (χ0) is 17.4. The zero-order valence-electron chi connectivity index (χ0n) is 13.8. The number of rotatable bonds is 5. The van der Waals surface area contributed by atoms with Gasteiger partial charge in [-0.15, -0.1) is 0 Å². The molecule has 2 aliphatic rings. The highest BCUT2D eigenvalue weighted by Gasteiger charge is 2.53. The van der Waals surface area contributed by atoms with Gasteiger partial charge in [0.1, 0.15) is 24.1 Å². The average molecular weight is 359 g/mol. The van der Waals surface area contributed by atoms with E-state index in [1.807, 2.05) is 0 Å². The van der Waals surface area contributed by atoms with Gasteiger partial charge in [0, 0.05) is 37.8 Å². The van der Waals surface area contributed by atoms with Crippen LogP contribution in [-0.2, 0) is 4.79 Å². The Morgan fingerprint density at radius 1 is 1.44 bits per heavy atom. The van der Waals surface area contributed by atoms with Gasteiger partial charge in [0.25, 0.3) is 0 Å². The molecule has 25 heavy (non-hydrogen) atoms. The highest BCUT2D eigenvalue weighted by molar-refractivity contribution is 6.36. The highest BCUT2D eigenvalue weighted by Crippen LogP contribution is 2.47. The molecule has 7 nitrogen and oxygen atoms in total. The number of aldehydes is 1. The van der Waals surface area contributed by atoms with Crippen LogP contribution in [0.4, 0.5) is 5.82 Å².